The maximum absolute atomic E-state index is 12.0. The maximum atomic E-state index is 12.0. The number of para-hydroxylation sites is 1. The molecule has 0 aliphatic carbocycles. The van der Waals surface area contributed by atoms with Gasteiger partial charge in [0, 0.05) is 17.5 Å². The van der Waals surface area contributed by atoms with E-state index < -0.39 is 5.97 Å². The van der Waals surface area contributed by atoms with E-state index in [1.807, 2.05) is 0 Å². The SMILES string of the molecule is COC(=O)c1ccccc1NC(=O)CCc1cnc(Br)s1. The highest BCUT2D eigenvalue weighted by Gasteiger charge is 2.13. The summed E-state index contributed by atoms with van der Waals surface area (Å²) in [6.45, 7) is 0. The van der Waals surface area contributed by atoms with Crippen LogP contribution in [0.2, 0.25) is 0 Å². The molecule has 0 aliphatic heterocycles. The number of methoxy groups -OCH3 is 1. The lowest BCUT2D eigenvalue weighted by Crippen LogP contribution is -2.15. The average molecular weight is 369 g/mol. The molecule has 0 fully saturated rings. The van der Waals surface area contributed by atoms with Crippen molar-refractivity contribution in [2.24, 2.45) is 0 Å². The number of amides is 1. The van der Waals surface area contributed by atoms with Crippen molar-refractivity contribution in [2.75, 3.05) is 12.4 Å². The maximum Gasteiger partial charge on any atom is 0.339 e. The van der Waals surface area contributed by atoms with Crippen LogP contribution in [0.1, 0.15) is 21.7 Å². The number of nitrogens with one attached hydrogen (secondary N) is 1. The van der Waals surface area contributed by atoms with Crippen LogP contribution in [0.15, 0.2) is 34.4 Å². The molecule has 0 spiro atoms. The van der Waals surface area contributed by atoms with Gasteiger partial charge in [-0.25, -0.2) is 9.78 Å². The molecule has 1 amide bonds. The zero-order valence-corrected chi connectivity index (χ0v) is 13.7. The van der Waals surface area contributed by atoms with Crippen molar-refractivity contribution >= 4 is 44.8 Å². The summed E-state index contributed by atoms with van der Waals surface area (Å²) in [7, 11) is 1.31. The Morgan fingerprint density at radius 2 is 2.14 bits per heavy atom. The van der Waals surface area contributed by atoms with Crippen molar-refractivity contribution in [2.45, 2.75) is 12.8 Å². The monoisotopic (exact) mass is 368 g/mol. The van der Waals surface area contributed by atoms with E-state index in [-0.39, 0.29) is 5.91 Å². The number of anilines is 1. The van der Waals surface area contributed by atoms with Crippen molar-refractivity contribution in [1.82, 2.24) is 4.98 Å². The molecule has 21 heavy (non-hydrogen) atoms. The number of carbonyl (C=O) groups is 2. The molecule has 1 N–H and O–H groups in total. The summed E-state index contributed by atoms with van der Waals surface area (Å²) < 4.78 is 5.49. The number of carbonyl (C=O) groups excluding carboxylic acids is 2. The minimum Gasteiger partial charge on any atom is -0.465 e. The fourth-order valence-electron chi connectivity index (χ4n) is 1.73. The number of nitrogens with zero attached hydrogens (tertiary/aromatic N) is 1. The lowest BCUT2D eigenvalue weighted by Gasteiger charge is -2.09. The quantitative estimate of drug-likeness (QED) is 0.822. The third-order valence-corrected chi connectivity index (χ3v) is 4.27. The standard InChI is InChI=1S/C14H13BrN2O3S/c1-20-13(19)10-4-2-3-5-11(10)17-12(18)7-6-9-8-16-14(15)21-9/h2-5,8H,6-7H2,1H3,(H,17,18). The van der Waals surface area contributed by atoms with Crippen LogP contribution in [0, 0.1) is 0 Å². The molecule has 1 heterocycles. The molecule has 7 heteroatoms. The van der Waals surface area contributed by atoms with Crippen molar-refractivity contribution in [3.8, 4) is 0 Å². The highest BCUT2D eigenvalue weighted by Crippen LogP contribution is 2.20. The van der Waals surface area contributed by atoms with Gasteiger partial charge in [-0.05, 0) is 34.5 Å². The van der Waals surface area contributed by atoms with E-state index in [9.17, 15) is 9.59 Å². The minimum absolute atomic E-state index is 0.157. The first-order valence-corrected chi connectivity index (χ1v) is 7.78. The summed E-state index contributed by atoms with van der Waals surface area (Å²) in [5, 5.41) is 2.74. The van der Waals surface area contributed by atoms with Crippen LogP contribution in [-0.2, 0) is 16.0 Å². The van der Waals surface area contributed by atoms with Crippen LogP contribution >= 0.6 is 27.3 Å². The Kier molecular flexibility index (Phi) is 5.46. The molecule has 0 saturated heterocycles. The van der Waals surface area contributed by atoms with Gasteiger partial charge in [-0.1, -0.05) is 12.1 Å². The highest BCUT2D eigenvalue weighted by molar-refractivity contribution is 9.11. The van der Waals surface area contributed by atoms with E-state index in [2.05, 4.69) is 31.0 Å². The second-order valence-corrected chi connectivity index (χ2v) is 6.56. The molecule has 110 valence electrons. The van der Waals surface area contributed by atoms with Gasteiger partial charge in [0.1, 0.15) is 0 Å². The summed E-state index contributed by atoms with van der Waals surface area (Å²) in [6, 6.07) is 6.76. The normalized spacial score (nSPS) is 10.2. The third-order valence-electron chi connectivity index (χ3n) is 2.73. The topological polar surface area (TPSA) is 68.3 Å². The smallest absolute Gasteiger partial charge is 0.339 e. The van der Waals surface area contributed by atoms with Crippen molar-refractivity contribution in [3.63, 3.8) is 0 Å². The second-order valence-electron chi connectivity index (χ2n) is 4.16. The fourth-order valence-corrected chi connectivity index (χ4v) is 3.09. The first kappa shape index (κ1) is 15.7. The van der Waals surface area contributed by atoms with Gasteiger partial charge in [0.25, 0.3) is 0 Å². The van der Waals surface area contributed by atoms with Crippen LogP contribution < -0.4 is 5.32 Å². The van der Waals surface area contributed by atoms with Gasteiger partial charge in [-0.15, -0.1) is 11.3 Å². The molecule has 0 unspecified atom stereocenters. The van der Waals surface area contributed by atoms with E-state index in [0.717, 1.165) is 8.79 Å². The zero-order valence-electron chi connectivity index (χ0n) is 11.3. The summed E-state index contributed by atoms with van der Waals surface area (Å²) in [5.74, 6) is -0.631. The van der Waals surface area contributed by atoms with Crippen LogP contribution in [0.3, 0.4) is 0 Å². The molecular formula is C14H13BrN2O3S. The number of esters is 1. The van der Waals surface area contributed by atoms with Gasteiger partial charge in [-0.2, -0.15) is 0 Å². The first-order valence-electron chi connectivity index (χ1n) is 6.17. The lowest BCUT2D eigenvalue weighted by atomic mass is 10.1. The molecule has 5 nitrogen and oxygen atoms in total. The number of aryl methyl sites for hydroxylation is 1. The summed E-state index contributed by atoms with van der Waals surface area (Å²) in [6.07, 6.45) is 2.67. The second kappa shape index (κ2) is 7.33. The van der Waals surface area contributed by atoms with Crippen molar-refractivity contribution in [3.05, 3.63) is 44.8 Å². The zero-order chi connectivity index (χ0) is 15.2. The number of ether oxygens (including phenoxy) is 1. The van der Waals surface area contributed by atoms with E-state index in [1.54, 1.807) is 30.5 Å². The Balaban J connectivity index is 1.98. The average Bonchev–Trinajstić information content (AvgIpc) is 2.90. The van der Waals surface area contributed by atoms with Gasteiger partial charge in [0.15, 0.2) is 3.92 Å². The predicted octanol–water partition coefficient (Wildman–Crippen LogP) is 3.26. The van der Waals surface area contributed by atoms with E-state index in [0.29, 0.717) is 24.1 Å². The number of aromatic nitrogens is 1. The Hall–Kier alpha value is -1.73. The van der Waals surface area contributed by atoms with Crippen LogP contribution in [-0.4, -0.2) is 24.0 Å². The number of thiazole rings is 1. The molecule has 1 aromatic heterocycles. The summed E-state index contributed by atoms with van der Waals surface area (Å²) in [5.41, 5.74) is 0.800. The molecular weight excluding hydrogens is 356 g/mol. The van der Waals surface area contributed by atoms with Gasteiger partial charge < -0.3 is 10.1 Å². The number of hydrogen-bond donors (Lipinski definition) is 1. The Labute approximate surface area is 134 Å². The van der Waals surface area contributed by atoms with Crippen molar-refractivity contribution in [1.29, 1.82) is 0 Å². The van der Waals surface area contributed by atoms with Gasteiger partial charge in [-0.3, -0.25) is 4.79 Å². The van der Waals surface area contributed by atoms with E-state index >= 15 is 0 Å². The molecule has 0 saturated carbocycles. The van der Waals surface area contributed by atoms with Gasteiger partial charge in [0.2, 0.25) is 5.91 Å². The van der Waals surface area contributed by atoms with E-state index in [4.69, 9.17) is 0 Å². The molecule has 1 aromatic carbocycles. The lowest BCUT2D eigenvalue weighted by molar-refractivity contribution is -0.116. The number of benzene rings is 1. The third kappa shape index (κ3) is 4.37. The van der Waals surface area contributed by atoms with Crippen molar-refractivity contribution < 1.29 is 14.3 Å². The Morgan fingerprint density at radius 1 is 1.38 bits per heavy atom. The molecule has 0 aliphatic rings. The number of rotatable bonds is 5. The minimum atomic E-state index is -0.475. The first-order chi connectivity index (χ1) is 10.1. The number of hydrogen-bond acceptors (Lipinski definition) is 5. The Morgan fingerprint density at radius 3 is 2.81 bits per heavy atom. The van der Waals surface area contributed by atoms with Crippen LogP contribution in [0.4, 0.5) is 5.69 Å². The highest BCUT2D eigenvalue weighted by atomic mass is 79.9. The van der Waals surface area contributed by atoms with Crippen LogP contribution in [0.25, 0.3) is 0 Å². The molecule has 2 aromatic rings. The van der Waals surface area contributed by atoms with E-state index in [1.165, 1.54) is 18.4 Å². The van der Waals surface area contributed by atoms with Gasteiger partial charge >= 0.3 is 5.97 Å². The molecule has 0 bridgehead atoms. The largest absolute Gasteiger partial charge is 0.465 e. The predicted molar refractivity (Wildman–Crippen MR) is 84.5 cm³/mol. The Bertz CT molecular complexity index is 657. The fraction of sp³-hybridized carbons (Fsp3) is 0.214. The van der Waals surface area contributed by atoms with Gasteiger partial charge in [0.05, 0.1) is 18.4 Å². The molecule has 0 atom stereocenters. The summed E-state index contributed by atoms with van der Waals surface area (Å²) >= 11 is 4.78. The molecule has 2 rings (SSSR count). The van der Waals surface area contributed by atoms with Crippen LogP contribution in [0.5, 0.6) is 0 Å². The summed E-state index contributed by atoms with van der Waals surface area (Å²) in [4.78, 5) is 28.7. The molecule has 0 radical (unpaired) electrons. The number of halogens is 1.